The predicted octanol–water partition coefficient (Wildman–Crippen LogP) is 3.47. The third-order valence-electron chi connectivity index (χ3n) is 5.36. The van der Waals surface area contributed by atoms with Crippen LogP contribution in [0.15, 0.2) is 30.3 Å². The van der Waals surface area contributed by atoms with Gasteiger partial charge in [0.1, 0.15) is 0 Å². The van der Waals surface area contributed by atoms with E-state index in [1.807, 2.05) is 0 Å². The van der Waals surface area contributed by atoms with Crippen LogP contribution in [0.2, 0.25) is 0 Å². The third-order valence-corrected chi connectivity index (χ3v) is 5.36. The van der Waals surface area contributed by atoms with Crippen molar-refractivity contribution >= 4 is 0 Å². The first-order valence-corrected chi connectivity index (χ1v) is 8.21. The molecule has 1 aromatic carbocycles. The van der Waals surface area contributed by atoms with Crippen molar-refractivity contribution in [2.45, 2.75) is 56.9 Å². The maximum atomic E-state index is 9.11. The molecule has 0 amide bonds. The highest BCUT2D eigenvalue weighted by Gasteiger charge is 2.41. The average Bonchev–Trinajstić information content (AvgIpc) is 3.27. The van der Waals surface area contributed by atoms with Gasteiger partial charge in [-0.1, -0.05) is 30.3 Å². The van der Waals surface area contributed by atoms with Gasteiger partial charge in [0.15, 0.2) is 0 Å². The van der Waals surface area contributed by atoms with Crippen molar-refractivity contribution in [3.63, 3.8) is 0 Å². The number of aliphatic hydroxyl groups is 1. The van der Waals surface area contributed by atoms with E-state index in [2.05, 4.69) is 35.6 Å². The van der Waals surface area contributed by atoms with Crippen molar-refractivity contribution in [1.82, 2.24) is 5.32 Å². The first-order chi connectivity index (χ1) is 9.81. The molecular formula is C18H27NO. The van der Waals surface area contributed by atoms with Gasteiger partial charge in [-0.15, -0.1) is 0 Å². The summed E-state index contributed by atoms with van der Waals surface area (Å²) < 4.78 is 0. The molecule has 2 N–H and O–H groups in total. The van der Waals surface area contributed by atoms with E-state index in [-0.39, 0.29) is 0 Å². The first kappa shape index (κ1) is 14.1. The Morgan fingerprint density at radius 3 is 2.35 bits per heavy atom. The van der Waals surface area contributed by atoms with Gasteiger partial charge in [0.2, 0.25) is 0 Å². The minimum atomic E-state index is 0.350. The zero-order valence-corrected chi connectivity index (χ0v) is 12.4. The van der Waals surface area contributed by atoms with E-state index in [0.717, 1.165) is 18.9 Å². The second-order valence-corrected chi connectivity index (χ2v) is 6.81. The van der Waals surface area contributed by atoms with Crippen LogP contribution in [0.4, 0.5) is 0 Å². The topological polar surface area (TPSA) is 32.3 Å². The molecule has 110 valence electrons. The summed E-state index contributed by atoms with van der Waals surface area (Å²) in [4.78, 5) is 0. The van der Waals surface area contributed by atoms with Gasteiger partial charge in [-0.05, 0) is 61.8 Å². The van der Waals surface area contributed by atoms with Crippen LogP contribution >= 0.6 is 0 Å². The second-order valence-electron chi connectivity index (χ2n) is 6.81. The second kappa shape index (κ2) is 6.28. The van der Waals surface area contributed by atoms with Gasteiger partial charge in [-0.25, -0.2) is 0 Å². The maximum absolute atomic E-state index is 9.11. The minimum Gasteiger partial charge on any atom is -0.396 e. The molecular weight excluding hydrogens is 246 g/mol. The molecule has 2 fully saturated rings. The van der Waals surface area contributed by atoms with Gasteiger partial charge in [0.25, 0.3) is 0 Å². The smallest absolute Gasteiger partial charge is 0.0436 e. The molecule has 0 heterocycles. The van der Waals surface area contributed by atoms with Gasteiger partial charge in [-0.3, -0.25) is 0 Å². The van der Waals surface area contributed by atoms with Gasteiger partial charge in [-0.2, -0.15) is 0 Å². The summed E-state index contributed by atoms with van der Waals surface area (Å²) in [5.74, 6) is 0.765. The molecule has 2 saturated carbocycles. The summed E-state index contributed by atoms with van der Waals surface area (Å²) in [5.41, 5.74) is 1.97. The van der Waals surface area contributed by atoms with E-state index in [4.69, 9.17) is 5.11 Å². The number of rotatable bonds is 6. The molecule has 0 aliphatic heterocycles. The highest BCUT2D eigenvalue weighted by molar-refractivity contribution is 5.20. The molecule has 0 unspecified atom stereocenters. The molecule has 0 radical (unpaired) electrons. The van der Waals surface area contributed by atoms with Crippen molar-refractivity contribution in [2.24, 2.45) is 5.41 Å². The van der Waals surface area contributed by atoms with E-state index < -0.39 is 0 Å². The lowest BCUT2D eigenvalue weighted by atomic mass is 9.81. The van der Waals surface area contributed by atoms with Crippen LogP contribution in [0.5, 0.6) is 0 Å². The van der Waals surface area contributed by atoms with E-state index in [0.29, 0.717) is 18.1 Å². The van der Waals surface area contributed by atoms with Crippen molar-refractivity contribution in [3.05, 3.63) is 35.9 Å². The lowest BCUT2D eigenvalue weighted by Gasteiger charge is -2.30. The number of aliphatic hydroxyl groups excluding tert-OH is 1. The zero-order chi connectivity index (χ0) is 13.8. The van der Waals surface area contributed by atoms with Crippen LogP contribution in [0.25, 0.3) is 0 Å². The fourth-order valence-corrected chi connectivity index (χ4v) is 3.65. The van der Waals surface area contributed by atoms with E-state index in [9.17, 15) is 0 Å². The third kappa shape index (κ3) is 3.42. The SMILES string of the molecule is OCCC1(CNC2CCC(c3ccccc3)CC2)CC1. The summed E-state index contributed by atoms with van der Waals surface area (Å²) in [6.07, 6.45) is 8.83. The quantitative estimate of drug-likeness (QED) is 0.832. The first-order valence-electron chi connectivity index (χ1n) is 8.21. The number of hydrogen-bond acceptors (Lipinski definition) is 2. The van der Waals surface area contributed by atoms with Gasteiger partial charge >= 0.3 is 0 Å². The Hall–Kier alpha value is -0.860. The molecule has 0 atom stereocenters. The van der Waals surface area contributed by atoms with Gasteiger partial charge < -0.3 is 10.4 Å². The Morgan fingerprint density at radius 1 is 1.05 bits per heavy atom. The normalized spacial score (nSPS) is 28.2. The Bertz CT molecular complexity index is 405. The lowest BCUT2D eigenvalue weighted by molar-refractivity contribution is 0.236. The Morgan fingerprint density at radius 2 is 1.75 bits per heavy atom. The molecule has 0 spiro atoms. The molecule has 0 aromatic heterocycles. The number of benzene rings is 1. The maximum Gasteiger partial charge on any atom is 0.0436 e. The molecule has 0 saturated heterocycles. The standard InChI is InChI=1S/C18H27NO/c20-13-12-18(10-11-18)14-19-17-8-6-16(7-9-17)15-4-2-1-3-5-15/h1-5,16-17,19-20H,6-14H2. The summed E-state index contributed by atoms with van der Waals surface area (Å²) in [6, 6.07) is 11.7. The summed E-state index contributed by atoms with van der Waals surface area (Å²) >= 11 is 0. The van der Waals surface area contributed by atoms with Gasteiger partial charge in [0, 0.05) is 19.2 Å². The van der Waals surface area contributed by atoms with Crippen LogP contribution in [-0.2, 0) is 0 Å². The molecule has 20 heavy (non-hydrogen) atoms. The molecule has 2 nitrogen and oxygen atoms in total. The van der Waals surface area contributed by atoms with Crippen molar-refractivity contribution in [1.29, 1.82) is 0 Å². The Kier molecular flexibility index (Phi) is 4.42. The van der Waals surface area contributed by atoms with Crippen LogP contribution in [0.1, 0.15) is 56.4 Å². The largest absolute Gasteiger partial charge is 0.396 e. The molecule has 2 aliphatic carbocycles. The van der Waals surface area contributed by atoms with Gasteiger partial charge in [0.05, 0.1) is 0 Å². The monoisotopic (exact) mass is 273 g/mol. The van der Waals surface area contributed by atoms with E-state index in [1.54, 1.807) is 0 Å². The number of hydrogen-bond donors (Lipinski definition) is 2. The molecule has 1 aromatic rings. The van der Waals surface area contributed by atoms with Crippen molar-refractivity contribution < 1.29 is 5.11 Å². The van der Waals surface area contributed by atoms with Crippen LogP contribution in [0, 0.1) is 5.41 Å². The molecule has 2 heteroatoms. The Labute approximate surface area is 122 Å². The zero-order valence-electron chi connectivity index (χ0n) is 12.4. The highest BCUT2D eigenvalue weighted by Crippen LogP contribution is 2.48. The van der Waals surface area contributed by atoms with E-state index in [1.165, 1.54) is 44.1 Å². The number of nitrogens with one attached hydrogen (secondary N) is 1. The minimum absolute atomic E-state index is 0.350. The fourth-order valence-electron chi connectivity index (χ4n) is 3.65. The summed E-state index contributed by atoms with van der Waals surface area (Å²) in [5, 5.41) is 12.9. The summed E-state index contributed by atoms with van der Waals surface area (Å²) in [6.45, 7) is 1.47. The average molecular weight is 273 g/mol. The Balaban J connectivity index is 1.43. The van der Waals surface area contributed by atoms with E-state index >= 15 is 0 Å². The van der Waals surface area contributed by atoms with Crippen LogP contribution in [0.3, 0.4) is 0 Å². The lowest BCUT2D eigenvalue weighted by Crippen LogP contribution is -2.37. The fraction of sp³-hybridized carbons (Fsp3) is 0.667. The molecule has 3 rings (SSSR count). The van der Waals surface area contributed by atoms with Crippen LogP contribution in [-0.4, -0.2) is 24.3 Å². The highest BCUT2D eigenvalue weighted by atomic mass is 16.3. The molecule has 0 bridgehead atoms. The van der Waals surface area contributed by atoms with Crippen molar-refractivity contribution in [3.8, 4) is 0 Å². The molecule has 2 aliphatic rings. The predicted molar refractivity (Wildman–Crippen MR) is 82.8 cm³/mol. The van der Waals surface area contributed by atoms with Crippen LogP contribution < -0.4 is 5.32 Å². The van der Waals surface area contributed by atoms with Crippen molar-refractivity contribution in [2.75, 3.05) is 13.2 Å². The summed E-state index contributed by atoms with van der Waals surface area (Å²) in [7, 11) is 0.